The molecule has 1 N–H and O–H groups in total. The Kier molecular flexibility index (Phi) is 2.33. The van der Waals surface area contributed by atoms with Crippen LogP contribution in [0.3, 0.4) is 0 Å². The Bertz CT molecular complexity index is 361. The van der Waals surface area contributed by atoms with Gasteiger partial charge in [-0.15, -0.1) is 11.3 Å². The highest BCUT2D eigenvalue weighted by Crippen LogP contribution is 2.30. The Morgan fingerprint density at radius 2 is 2.43 bits per heavy atom. The predicted molar refractivity (Wildman–Crippen MR) is 51.8 cm³/mol. The molecule has 74 valence electrons. The van der Waals surface area contributed by atoms with Crippen molar-refractivity contribution in [3.63, 3.8) is 0 Å². The highest BCUT2D eigenvalue weighted by atomic mass is 32.1. The third-order valence-electron chi connectivity index (χ3n) is 2.45. The zero-order chi connectivity index (χ0) is 10.1. The van der Waals surface area contributed by atoms with E-state index in [2.05, 4.69) is 10.3 Å². The van der Waals surface area contributed by atoms with E-state index in [1.54, 1.807) is 6.20 Å². The first-order valence-electron chi connectivity index (χ1n) is 4.41. The van der Waals surface area contributed by atoms with E-state index in [-0.39, 0.29) is 23.7 Å². The molecule has 0 bridgehead atoms. The van der Waals surface area contributed by atoms with Gasteiger partial charge in [0.1, 0.15) is 0 Å². The maximum atomic E-state index is 11.4. The maximum Gasteiger partial charge on any atom is 0.230 e. The molecule has 1 aromatic rings. The lowest BCUT2D eigenvalue weighted by atomic mass is 9.93. The smallest absolute Gasteiger partial charge is 0.230 e. The quantitative estimate of drug-likeness (QED) is 0.738. The second kappa shape index (κ2) is 3.49. The molecule has 14 heavy (non-hydrogen) atoms. The number of hydrogen-bond donors (Lipinski definition) is 1. The van der Waals surface area contributed by atoms with Crippen molar-refractivity contribution in [3.8, 4) is 0 Å². The summed E-state index contributed by atoms with van der Waals surface area (Å²) in [5.41, 5.74) is 0. The van der Waals surface area contributed by atoms with E-state index in [4.69, 9.17) is 0 Å². The molecular weight excluding hydrogens is 200 g/mol. The fourth-order valence-corrected chi connectivity index (χ4v) is 2.37. The summed E-state index contributed by atoms with van der Waals surface area (Å²) in [6, 6.07) is 0. The number of aromatic nitrogens is 1. The molecule has 0 saturated carbocycles. The standard InChI is InChI=1S/C9H10N2O2S/c1-5(9-10-2-3-14-9)6-4-7(12)11-8(6)13/h2-3,5-6H,4H2,1H3,(H,11,12,13). The Balaban J connectivity index is 2.16. The predicted octanol–water partition coefficient (Wildman–Crippen LogP) is 0.909. The lowest BCUT2D eigenvalue weighted by molar-refractivity contribution is -0.126. The van der Waals surface area contributed by atoms with Crippen LogP contribution >= 0.6 is 11.3 Å². The lowest BCUT2D eigenvalue weighted by Gasteiger charge is -2.12. The zero-order valence-electron chi connectivity index (χ0n) is 7.69. The normalized spacial score (nSPS) is 23.6. The summed E-state index contributed by atoms with van der Waals surface area (Å²) in [7, 11) is 0. The summed E-state index contributed by atoms with van der Waals surface area (Å²) in [5.74, 6) is -0.559. The van der Waals surface area contributed by atoms with Gasteiger partial charge in [-0.2, -0.15) is 0 Å². The second-order valence-corrected chi connectivity index (χ2v) is 4.31. The molecule has 0 spiro atoms. The number of imide groups is 1. The van der Waals surface area contributed by atoms with Crippen molar-refractivity contribution in [1.82, 2.24) is 10.3 Å². The van der Waals surface area contributed by atoms with Gasteiger partial charge in [0.25, 0.3) is 0 Å². The van der Waals surface area contributed by atoms with Gasteiger partial charge in [-0.05, 0) is 0 Å². The number of nitrogens with zero attached hydrogens (tertiary/aromatic N) is 1. The molecule has 1 aromatic heterocycles. The van der Waals surface area contributed by atoms with E-state index in [0.717, 1.165) is 5.01 Å². The van der Waals surface area contributed by atoms with Crippen LogP contribution in [-0.2, 0) is 9.59 Å². The molecular formula is C9H10N2O2S. The molecule has 1 aliphatic heterocycles. The van der Waals surface area contributed by atoms with Gasteiger partial charge in [0.15, 0.2) is 0 Å². The summed E-state index contributed by atoms with van der Waals surface area (Å²) in [5, 5.41) is 5.10. The van der Waals surface area contributed by atoms with Gasteiger partial charge < -0.3 is 0 Å². The molecule has 4 nitrogen and oxygen atoms in total. The highest BCUT2D eigenvalue weighted by Gasteiger charge is 2.36. The van der Waals surface area contributed by atoms with Crippen LogP contribution in [0.2, 0.25) is 0 Å². The van der Waals surface area contributed by atoms with Gasteiger partial charge in [-0.25, -0.2) is 4.98 Å². The van der Waals surface area contributed by atoms with Gasteiger partial charge in [0, 0.05) is 23.9 Å². The molecule has 2 rings (SSSR count). The molecule has 2 amide bonds. The van der Waals surface area contributed by atoms with Gasteiger partial charge >= 0.3 is 0 Å². The van der Waals surface area contributed by atoms with E-state index in [0.29, 0.717) is 6.42 Å². The van der Waals surface area contributed by atoms with Crippen molar-refractivity contribution in [1.29, 1.82) is 0 Å². The molecule has 5 heteroatoms. The first kappa shape index (κ1) is 9.33. The van der Waals surface area contributed by atoms with Crippen molar-refractivity contribution in [2.45, 2.75) is 19.3 Å². The van der Waals surface area contributed by atoms with Crippen LogP contribution in [0.25, 0.3) is 0 Å². The van der Waals surface area contributed by atoms with E-state index >= 15 is 0 Å². The number of rotatable bonds is 2. The van der Waals surface area contributed by atoms with Crippen LogP contribution in [-0.4, -0.2) is 16.8 Å². The number of thiazole rings is 1. The average Bonchev–Trinajstić information content (AvgIpc) is 2.73. The summed E-state index contributed by atoms with van der Waals surface area (Å²) in [6.07, 6.45) is 2.00. The fraction of sp³-hybridized carbons (Fsp3) is 0.444. The molecule has 2 heterocycles. The monoisotopic (exact) mass is 210 g/mol. The first-order chi connectivity index (χ1) is 6.68. The van der Waals surface area contributed by atoms with E-state index < -0.39 is 0 Å². The summed E-state index contributed by atoms with van der Waals surface area (Å²) < 4.78 is 0. The third kappa shape index (κ3) is 1.55. The van der Waals surface area contributed by atoms with Crippen LogP contribution in [0.15, 0.2) is 11.6 Å². The number of amides is 2. The summed E-state index contributed by atoms with van der Waals surface area (Å²) in [4.78, 5) is 26.5. The van der Waals surface area contributed by atoms with Crippen LogP contribution < -0.4 is 5.32 Å². The van der Waals surface area contributed by atoms with E-state index in [9.17, 15) is 9.59 Å². The Morgan fingerprint density at radius 1 is 1.64 bits per heavy atom. The van der Waals surface area contributed by atoms with Crippen molar-refractivity contribution in [2.24, 2.45) is 5.92 Å². The van der Waals surface area contributed by atoms with E-state index in [1.807, 2.05) is 12.3 Å². The van der Waals surface area contributed by atoms with Crippen LogP contribution in [0.4, 0.5) is 0 Å². The number of nitrogens with one attached hydrogen (secondary N) is 1. The van der Waals surface area contributed by atoms with Crippen molar-refractivity contribution < 1.29 is 9.59 Å². The maximum absolute atomic E-state index is 11.4. The molecule has 2 unspecified atom stereocenters. The van der Waals surface area contributed by atoms with E-state index in [1.165, 1.54) is 11.3 Å². The number of hydrogen-bond acceptors (Lipinski definition) is 4. The number of carbonyl (C=O) groups is 2. The van der Waals surface area contributed by atoms with Gasteiger partial charge in [0.2, 0.25) is 11.8 Å². The molecule has 0 radical (unpaired) electrons. The molecule has 1 fully saturated rings. The largest absolute Gasteiger partial charge is 0.296 e. The lowest BCUT2D eigenvalue weighted by Crippen LogP contribution is -2.24. The first-order valence-corrected chi connectivity index (χ1v) is 5.29. The third-order valence-corrected chi connectivity index (χ3v) is 3.43. The second-order valence-electron chi connectivity index (χ2n) is 3.38. The highest BCUT2D eigenvalue weighted by molar-refractivity contribution is 7.09. The van der Waals surface area contributed by atoms with Crippen molar-refractivity contribution in [3.05, 3.63) is 16.6 Å². The molecule has 1 aliphatic rings. The zero-order valence-corrected chi connectivity index (χ0v) is 8.50. The minimum absolute atomic E-state index is 0.0291. The van der Waals surface area contributed by atoms with Crippen molar-refractivity contribution in [2.75, 3.05) is 0 Å². The van der Waals surface area contributed by atoms with Gasteiger partial charge in [0.05, 0.1) is 10.9 Å². The minimum Gasteiger partial charge on any atom is -0.296 e. The minimum atomic E-state index is -0.242. The Hall–Kier alpha value is -1.23. The molecule has 2 atom stereocenters. The Morgan fingerprint density at radius 3 is 2.93 bits per heavy atom. The van der Waals surface area contributed by atoms with Gasteiger partial charge in [-0.1, -0.05) is 6.92 Å². The van der Waals surface area contributed by atoms with Crippen molar-refractivity contribution >= 4 is 23.2 Å². The van der Waals surface area contributed by atoms with Crippen LogP contribution in [0.5, 0.6) is 0 Å². The topological polar surface area (TPSA) is 59.1 Å². The summed E-state index contributed by atoms with van der Waals surface area (Å²) in [6.45, 7) is 1.93. The molecule has 1 saturated heterocycles. The molecule has 0 aromatic carbocycles. The average molecular weight is 210 g/mol. The number of carbonyl (C=O) groups excluding carboxylic acids is 2. The summed E-state index contributed by atoms with van der Waals surface area (Å²) >= 11 is 1.52. The Labute approximate surface area is 85.3 Å². The van der Waals surface area contributed by atoms with Crippen LogP contribution in [0.1, 0.15) is 24.3 Å². The van der Waals surface area contributed by atoms with Crippen LogP contribution in [0, 0.1) is 5.92 Å². The molecule has 0 aliphatic carbocycles. The SMILES string of the molecule is CC(c1nccs1)C1CC(=O)NC1=O. The van der Waals surface area contributed by atoms with Gasteiger partial charge in [-0.3, -0.25) is 14.9 Å². The fourth-order valence-electron chi connectivity index (χ4n) is 1.61.